The molecule has 2 aromatic heterocycles. The maximum atomic E-state index is 9.12. The molecule has 0 radical (unpaired) electrons. The smallest absolute Gasteiger partial charge is 0.127 e. The Kier molecular flexibility index (Phi) is 9.57. The molecule has 0 unspecified atom stereocenters. The van der Waals surface area contributed by atoms with Crippen molar-refractivity contribution >= 4 is 11.4 Å². The predicted octanol–water partition coefficient (Wildman–Crippen LogP) is 6.31. The number of ether oxygens (including phenoxy) is 3. The fourth-order valence-electron chi connectivity index (χ4n) is 4.81. The summed E-state index contributed by atoms with van der Waals surface area (Å²) in [4.78, 5) is 8.31. The minimum Gasteiger partial charge on any atom is -0.492 e. The summed E-state index contributed by atoms with van der Waals surface area (Å²) in [5.74, 6) is 2.80. The summed E-state index contributed by atoms with van der Waals surface area (Å²) in [6.45, 7) is 1.97. The molecule has 0 amide bonds. The van der Waals surface area contributed by atoms with E-state index in [1.165, 1.54) is 0 Å². The molecule has 0 aliphatic heterocycles. The number of hydrogen-bond acceptors (Lipinski definition) is 9. The molecule has 2 heterocycles. The molecule has 0 saturated heterocycles. The molecule has 0 saturated carbocycles. The van der Waals surface area contributed by atoms with E-state index in [2.05, 4.69) is 22.1 Å². The molecule has 0 bridgehead atoms. The fourth-order valence-corrected chi connectivity index (χ4v) is 4.81. The predicted molar refractivity (Wildman–Crippen MR) is 176 cm³/mol. The van der Waals surface area contributed by atoms with Crippen molar-refractivity contribution in [3.63, 3.8) is 0 Å². The van der Waals surface area contributed by atoms with Gasteiger partial charge in [-0.2, -0.15) is 10.5 Å². The number of nitriles is 2. The summed E-state index contributed by atoms with van der Waals surface area (Å²) in [6.07, 6.45) is 10.6. The first kappa shape index (κ1) is 30.3. The second kappa shape index (κ2) is 14.8. The maximum absolute atomic E-state index is 9.12. The van der Waals surface area contributed by atoms with Gasteiger partial charge in [0, 0.05) is 24.8 Å². The molecule has 4 aromatic carbocycles. The molecular weight excluding hydrogens is 592 g/mol. The van der Waals surface area contributed by atoms with E-state index >= 15 is 0 Å². The van der Waals surface area contributed by atoms with Crippen LogP contribution in [-0.4, -0.2) is 45.6 Å². The molecule has 0 N–H and O–H groups in total. The highest BCUT2D eigenvalue weighted by molar-refractivity contribution is 5.50. The number of hydrogen-bond donors (Lipinski definition) is 0. The number of nitrogens with zero attached hydrogens (tertiary/aromatic N) is 8. The lowest BCUT2D eigenvalue weighted by Gasteiger charge is -2.25. The van der Waals surface area contributed by atoms with E-state index in [-0.39, 0.29) is 0 Å². The van der Waals surface area contributed by atoms with Crippen molar-refractivity contribution < 1.29 is 14.2 Å². The van der Waals surface area contributed by atoms with Gasteiger partial charge in [-0.3, -0.25) is 10.0 Å². The zero-order valence-electron chi connectivity index (χ0n) is 25.3. The normalized spacial score (nSPS) is 10.4. The summed E-state index contributed by atoms with van der Waals surface area (Å²) >= 11 is 0. The number of aromatic nitrogens is 4. The Morgan fingerprint density at radius 2 is 0.915 bits per heavy atom. The van der Waals surface area contributed by atoms with E-state index in [0.717, 1.165) is 22.9 Å². The Labute approximate surface area is 272 Å². The standard InChI is InChI=1S/C36H30N8O3/c37-25-29-1-5-31(6-2-29)43(41-19-17-39-27-41)21-23-45-33-9-13-35(14-10-33)47-36-15-11-34(12-16-36)46-24-22-44(42-20-18-40-28-42)32-7-3-30(26-38)4-8-32/h1-20,27-28H,21-24H2. The van der Waals surface area contributed by atoms with Crippen molar-refractivity contribution in [2.75, 3.05) is 36.3 Å². The Morgan fingerprint density at radius 1 is 0.532 bits per heavy atom. The fraction of sp³-hybridized carbons (Fsp3) is 0.111. The molecule has 0 fully saturated rings. The van der Waals surface area contributed by atoms with Crippen LogP contribution in [0.5, 0.6) is 23.0 Å². The van der Waals surface area contributed by atoms with Crippen LogP contribution in [0.25, 0.3) is 0 Å². The van der Waals surface area contributed by atoms with Crippen LogP contribution >= 0.6 is 0 Å². The third-order valence-corrected chi connectivity index (χ3v) is 7.15. The molecule has 0 aliphatic carbocycles. The highest BCUT2D eigenvalue weighted by atomic mass is 16.5. The van der Waals surface area contributed by atoms with Crippen molar-refractivity contribution in [1.29, 1.82) is 10.5 Å². The second-order valence-corrected chi connectivity index (χ2v) is 10.2. The van der Waals surface area contributed by atoms with Gasteiger partial charge >= 0.3 is 0 Å². The maximum Gasteiger partial charge on any atom is 0.127 e. The van der Waals surface area contributed by atoms with E-state index < -0.39 is 0 Å². The van der Waals surface area contributed by atoms with E-state index in [1.54, 1.807) is 49.3 Å². The molecule has 11 nitrogen and oxygen atoms in total. The largest absolute Gasteiger partial charge is 0.492 e. The summed E-state index contributed by atoms with van der Waals surface area (Å²) in [6, 6.07) is 34.0. The first-order valence-corrected chi connectivity index (χ1v) is 14.8. The number of anilines is 2. The Balaban J connectivity index is 0.987. The minimum atomic E-state index is 0.424. The summed E-state index contributed by atoms with van der Waals surface area (Å²) < 4.78 is 21.8. The number of rotatable bonds is 14. The van der Waals surface area contributed by atoms with E-state index in [9.17, 15) is 0 Å². The average Bonchev–Trinajstić information content (AvgIpc) is 3.86. The second-order valence-electron chi connectivity index (χ2n) is 10.2. The van der Waals surface area contributed by atoms with Crippen LogP contribution in [0.4, 0.5) is 11.4 Å². The molecule has 6 aromatic rings. The first-order valence-electron chi connectivity index (χ1n) is 14.8. The lowest BCUT2D eigenvalue weighted by atomic mass is 10.2. The molecule has 0 atom stereocenters. The molecular formula is C36H30N8O3. The van der Waals surface area contributed by atoms with E-state index in [1.807, 2.05) is 105 Å². The van der Waals surface area contributed by atoms with E-state index in [4.69, 9.17) is 24.7 Å². The van der Waals surface area contributed by atoms with Crippen LogP contribution in [0.3, 0.4) is 0 Å². The lowest BCUT2D eigenvalue weighted by Crippen LogP contribution is -2.32. The van der Waals surface area contributed by atoms with Gasteiger partial charge < -0.3 is 14.2 Å². The number of benzene rings is 4. The van der Waals surface area contributed by atoms with Crippen molar-refractivity contribution in [3.8, 4) is 35.1 Å². The van der Waals surface area contributed by atoms with Crippen LogP contribution in [0.15, 0.2) is 135 Å². The summed E-state index contributed by atoms with van der Waals surface area (Å²) in [5, 5.41) is 22.3. The van der Waals surface area contributed by atoms with Crippen molar-refractivity contribution in [2.24, 2.45) is 0 Å². The quantitative estimate of drug-likeness (QED) is 0.138. The van der Waals surface area contributed by atoms with Gasteiger partial charge in [-0.25, -0.2) is 19.3 Å². The highest BCUT2D eigenvalue weighted by Crippen LogP contribution is 2.26. The van der Waals surface area contributed by atoms with Crippen molar-refractivity contribution in [2.45, 2.75) is 0 Å². The van der Waals surface area contributed by atoms with Gasteiger partial charge in [0.1, 0.15) is 48.9 Å². The minimum absolute atomic E-state index is 0.424. The zero-order chi connectivity index (χ0) is 32.3. The summed E-state index contributed by atoms with van der Waals surface area (Å²) in [5.41, 5.74) is 3.05. The van der Waals surface area contributed by atoms with Gasteiger partial charge in [0.15, 0.2) is 0 Å². The van der Waals surface area contributed by atoms with Gasteiger partial charge in [-0.05, 0) is 97.1 Å². The third kappa shape index (κ3) is 7.87. The molecule has 47 heavy (non-hydrogen) atoms. The Morgan fingerprint density at radius 3 is 1.26 bits per heavy atom. The zero-order valence-corrected chi connectivity index (χ0v) is 25.3. The van der Waals surface area contributed by atoms with E-state index in [0.29, 0.717) is 48.9 Å². The summed E-state index contributed by atoms with van der Waals surface area (Å²) in [7, 11) is 0. The molecule has 232 valence electrons. The van der Waals surface area contributed by atoms with Crippen LogP contribution in [0.2, 0.25) is 0 Å². The van der Waals surface area contributed by atoms with Gasteiger partial charge in [0.05, 0.1) is 47.7 Å². The topological polar surface area (TPSA) is 117 Å². The Hall–Kier alpha value is -6.72. The number of imidazole rings is 2. The monoisotopic (exact) mass is 622 g/mol. The molecule has 6 rings (SSSR count). The highest BCUT2D eigenvalue weighted by Gasteiger charge is 2.11. The lowest BCUT2D eigenvalue weighted by molar-refractivity contribution is 0.318. The van der Waals surface area contributed by atoms with Gasteiger partial charge in [0.2, 0.25) is 0 Å². The van der Waals surface area contributed by atoms with Crippen molar-refractivity contribution in [1.82, 2.24) is 19.3 Å². The van der Waals surface area contributed by atoms with Gasteiger partial charge in [0.25, 0.3) is 0 Å². The molecule has 0 spiro atoms. The van der Waals surface area contributed by atoms with Crippen molar-refractivity contribution in [3.05, 3.63) is 146 Å². The third-order valence-electron chi connectivity index (χ3n) is 7.15. The van der Waals surface area contributed by atoms with Crippen LogP contribution < -0.4 is 24.2 Å². The Bertz CT molecular complexity index is 1770. The van der Waals surface area contributed by atoms with Gasteiger partial charge in [-0.1, -0.05) is 0 Å². The van der Waals surface area contributed by atoms with Crippen LogP contribution in [0.1, 0.15) is 11.1 Å². The van der Waals surface area contributed by atoms with Crippen LogP contribution in [0, 0.1) is 22.7 Å². The molecule has 11 heteroatoms. The average molecular weight is 623 g/mol. The van der Waals surface area contributed by atoms with Crippen LogP contribution in [-0.2, 0) is 0 Å². The first-order chi connectivity index (χ1) is 23.2. The van der Waals surface area contributed by atoms with Gasteiger partial charge in [-0.15, -0.1) is 0 Å². The SMILES string of the molecule is N#Cc1ccc(N(CCOc2ccc(Oc3ccc(OCCN(c4ccc(C#N)cc4)n4ccnc4)cc3)cc2)n2ccnc2)cc1. The molecule has 0 aliphatic rings.